The fourth-order valence-electron chi connectivity index (χ4n) is 1.36. The third-order valence-corrected chi connectivity index (χ3v) is 2.72. The number of para-hydroxylation sites is 1. The van der Waals surface area contributed by atoms with E-state index in [1.807, 2.05) is 12.1 Å². The second-order valence-corrected chi connectivity index (χ2v) is 4.31. The summed E-state index contributed by atoms with van der Waals surface area (Å²) in [6.07, 6.45) is 0. The second-order valence-electron chi connectivity index (χ2n) is 3.46. The minimum Gasteiger partial charge on any atom is -0.450 e. The number of hydroxylamine groups is 1. The summed E-state index contributed by atoms with van der Waals surface area (Å²) in [5.74, 6) is -1.18. The zero-order valence-corrected chi connectivity index (χ0v) is 10.7. The Morgan fingerprint density at radius 2 is 2.22 bits per heavy atom. The van der Waals surface area contributed by atoms with E-state index < -0.39 is 18.4 Å². The van der Waals surface area contributed by atoms with Gasteiger partial charge in [-0.05, 0) is 28.1 Å². The third-order valence-electron chi connectivity index (χ3n) is 2.10. The Morgan fingerprint density at radius 1 is 1.44 bits per heavy atom. The number of rotatable bonds is 4. The molecule has 2 aromatic rings. The molecule has 1 aromatic carbocycles. The van der Waals surface area contributed by atoms with Crippen molar-refractivity contribution in [3.05, 3.63) is 34.5 Å². The lowest BCUT2D eigenvalue weighted by Gasteiger charge is -2.00. The Hall–Kier alpha value is -1.86. The van der Waals surface area contributed by atoms with Gasteiger partial charge in [-0.25, -0.2) is 5.48 Å². The number of furan rings is 1. The van der Waals surface area contributed by atoms with E-state index >= 15 is 0 Å². The van der Waals surface area contributed by atoms with Crippen molar-refractivity contribution in [2.24, 2.45) is 5.73 Å². The van der Waals surface area contributed by atoms with E-state index in [0.717, 1.165) is 9.86 Å². The first-order valence-corrected chi connectivity index (χ1v) is 5.75. The van der Waals surface area contributed by atoms with Crippen molar-refractivity contribution in [2.45, 2.75) is 0 Å². The molecule has 0 atom stereocenters. The summed E-state index contributed by atoms with van der Waals surface area (Å²) in [6, 6.07) is 7.01. The van der Waals surface area contributed by atoms with Gasteiger partial charge in [0.05, 0.1) is 4.47 Å². The molecule has 0 unspecified atom stereocenters. The van der Waals surface area contributed by atoms with Crippen LogP contribution in [0.2, 0.25) is 0 Å². The van der Waals surface area contributed by atoms with Crippen molar-refractivity contribution < 1.29 is 18.8 Å². The maximum atomic E-state index is 11.6. The van der Waals surface area contributed by atoms with Gasteiger partial charge in [-0.15, -0.1) is 0 Å². The first-order chi connectivity index (χ1) is 8.58. The molecule has 0 bridgehead atoms. The fourth-order valence-corrected chi connectivity index (χ4v) is 1.82. The van der Waals surface area contributed by atoms with Crippen molar-refractivity contribution >= 4 is 38.7 Å². The number of carbonyl (C=O) groups is 2. The number of nitrogens with one attached hydrogen (secondary N) is 1. The molecule has 0 saturated carbocycles. The predicted molar refractivity (Wildman–Crippen MR) is 66.5 cm³/mol. The van der Waals surface area contributed by atoms with E-state index in [-0.39, 0.29) is 5.76 Å². The van der Waals surface area contributed by atoms with Crippen LogP contribution in [0.4, 0.5) is 0 Å². The van der Waals surface area contributed by atoms with Gasteiger partial charge in [0.25, 0.3) is 0 Å². The van der Waals surface area contributed by atoms with Crippen LogP contribution in [0.1, 0.15) is 10.6 Å². The van der Waals surface area contributed by atoms with Crippen molar-refractivity contribution in [1.82, 2.24) is 5.48 Å². The van der Waals surface area contributed by atoms with E-state index in [4.69, 9.17) is 10.2 Å². The van der Waals surface area contributed by atoms with Gasteiger partial charge < -0.3 is 10.2 Å². The average molecular weight is 313 g/mol. The zero-order chi connectivity index (χ0) is 13.1. The van der Waals surface area contributed by atoms with E-state index in [9.17, 15) is 9.59 Å². The number of hydrogen-bond acceptors (Lipinski definition) is 4. The Kier molecular flexibility index (Phi) is 3.63. The van der Waals surface area contributed by atoms with Crippen LogP contribution in [0.25, 0.3) is 11.0 Å². The number of carbonyl (C=O) groups excluding carboxylic acids is 2. The van der Waals surface area contributed by atoms with E-state index in [2.05, 4.69) is 26.2 Å². The highest BCUT2D eigenvalue weighted by Crippen LogP contribution is 2.26. The Morgan fingerprint density at radius 3 is 2.89 bits per heavy atom. The summed E-state index contributed by atoms with van der Waals surface area (Å²) < 4.78 is 6.11. The van der Waals surface area contributed by atoms with Crippen molar-refractivity contribution in [3.8, 4) is 0 Å². The number of halogens is 1. The molecular weight excluding hydrogens is 304 g/mol. The molecule has 6 nitrogen and oxygen atoms in total. The van der Waals surface area contributed by atoms with Crippen molar-refractivity contribution in [1.29, 1.82) is 0 Å². The molecule has 0 fully saturated rings. The summed E-state index contributed by atoms with van der Waals surface area (Å²) in [4.78, 5) is 26.6. The van der Waals surface area contributed by atoms with Gasteiger partial charge >= 0.3 is 5.91 Å². The topological polar surface area (TPSA) is 94.6 Å². The maximum Gasteiger partial charge on any atom is 0.310 e. The number of primary amides is 1. The molecular formula is C11H9BrN2O4. The molecule has 2 rings (SSSR count). The van der Waals surface area contributed by atoms with Crippen LogP contribution in [-0.4, -0.2) is 18.4 Å². The van der Waals surface area contributed by atoms with Crippen molar-refractivity contribution in [2.75, 3.05) is 6.61 Å². The molecule has 2 amide bonds. The number of fused-ring (bicyclic) bond motifs is 1. The monoisotopic (exact) mass is 312 g/mol. The zero-order valence-electron chi connectivity index (χ0n) is 9.10. The summed E-state index contributed by atoms with van der Waals surface area (Å²) in [7, 11) is 0. The smallest absolute Gasteiger partial charge is 0.310 e. The number of benzene rings is 1. The molecule has 0 aliphatic carbocycles. The van der Waals surface area contributed by atoms with E-state index in [0.29, 0.717) is 5.58 Å². The summed E-state index contributed by atoms with van der Waals surface area (Å²) in [5, 5.41) is 0.782. The molecule has 18 heavy (non-hydrogen) atoms. The number of hydrogen-bond donors (Lipinski definition) is 2. The summed E-state index contributed by atoms with van der Waals surface area (Å²) >= 11 is 3.31. The fraction of sp³-hybridized carbons (Fsp3) is 0.0909. The van der Waals surface area contributed by atoms with Crippen LogP contribution in [0.3, 0.4) is 0 Å². The maximum absolute atomic E-state index is 11.6. The highest BCUT2D eigenvalue weighted by Gasteiger charge is 2.13. The van der Waals surface area contributed by atoms with Crippen molar-refractivity contribution in [3.63, 3.8) is 0 Å². The quantitative estimate of drug-likeness (QED) is 0.833. The molecule has 3 N–H and O–H groups in total. The Bertz CT molecular complexity index is 608. The lowest BCUT2D eigenvalue weighted by molar-refractivity contribution is -0.124. The average Bonchev–Trinajstić information content (AvgIpc) is 2.74. The standard InChI is InChI=1S/C11H9BrN2O4/c12-7-3-1-2-6-4-8(18-10(6)7)11(16)14-17-5-9(13)15/h1-4H,5H2,(H2,13,15)(H,14,16). The normalized spacial score (nSPS) is 10.5. The molecule has 0 spiro atoms. The Labute approximate surface area is 110 Å². The molecule has 94 valence electrons. The van der Waals surface area contributed by atoms with Gasteiger partial charge in [0.15, 0.2) is 12.4 Å². The molecule has 1 heterocycles. The highest BCUT2D eigenvalue weighted by atomic mass is 79.9. The molecule has 0 radical (unpaired) electrons. The minimum atomic E-state index is -0.678. The second kappa shape index (κ2) is 5.19. The van der Waals surface area contributed by atoms with Gasteiger partial charge in [0, 0.05) is 5.39 Å². The third kappa shape index (κ3) is 2.69. The molecule has 0 aliphatic heterocycles. The first-order valence-electron chi connectivity index (χ1n) is 4.96. The SMILES string of the molecule is NC(=O)CONC(=O)c1cc2cccc(Br)c2o1. The van der Waals surface area contributed by atoms with Crippen LogP contribution >= 0.6 is 15.9 Å². The molecule has 7 heteroatoms. The van der Waals surface area contributed by atoms with Crippen LogP contribution in [0.5, 0.6) is 0 Å². The van der Waals surface area contributed by atoms with Gasteiger partial charge in [0.2, 0.25) is 5.91 Å². The van der Waals surface area contributed by atoms with Gasteiger partial charge in [-0.3, -0.25) is 14.4 Å². The van der Waals surface area contributed by atoms with Crippen LogP contribution in [-0.2, 0) is 9.63 Å². The number of nitrogens with two attached hydrogens (primary N) is 1. The molecule has 1 aromatic heterocycles. The lowest BCUT2D eigenvalue weighted by Crippen LogP contribution is -2.29. The summed E-state index contributed by atoms with van der Waals surface area (Å²) in [6.45, 7) is -0.393. The first kappa shape index (κ1) is 12.6. The number of amides is 2. The lowest BCUT2D eigenvalue weighted by atomic mass is 10.2. The van der Waals surface area contributed by atoms with Crippen LogP contribution < -0.4 is 11.2 Å². The van der Waals surface area contributed by atoms with Crippen LogP contribution in [0.15, 0.2) is 33.2 Å². The van der Waals surface area contributed by atoms with Crippen LogP contribution in [0, 0.1) is 0 Å². The Balaban J connectivity index is 2.13. The highest BCUT2D eigenvalue weighted by molar-refractivity contribution is 9.10. The summed E-state index contributed by atoms with van der Waals surface area (Å²) in [5.41, 5.74) is 7.48. The van der Waals surface area contributed by atoms with Gasteiger partial charge in [0.1, 0.15) is 5.58 Å². The largest absolute Gasteiger partial charge is 0.450 e. The molecule has 0 saturated heterocycles. The minimum absolute atomic E-state index is 0.0846. The predicted octanol–water partition coefficient (Wildman–Crippen LogP) is 1.34. The van der Waals surface area contributed by atoms with Gasteiger partial charge in [-0.1, -0.05) is 12.1 Å². The van der Waals surface area contributed by atoms with E-state index in [1.54, 1.807) is 12.1 Å². The molecule has 0 aliphatic rings. The van der Waals surface area contributed by atoms with Gasteiger partial charge in [-0.2, -0.15) is 0 Å². The van der Waals surface area contributed by atoms with E-state index in [1.165, 1.54) is 0 Å².